The zero-order valence-corrected chi connectivity index (χ0v) is 11.1. The molecule has 0 aliphatic rings. The van der Waals surface area contributed by atoms with Gasteiger partial charge >= 0.3 is 0 Å². The van der Waals surface area contributed by atoms with Crippen LogP contribution in [0.1, 0.15) is 0 Å². The van der Waals surface area contributed by atoms with Gasteiger partial charge in [0.2, 0.25) is 23.6 Å². The van der Waals surface area contributed by atoms with Crippen LogP contribution >= 0.6 is 0 Å². The van der Waals surface area contributed by atoms with Gasteiger partial charge in [0.05, 0.1) is 0 Å². The standard InChI is InChI=1S/4C3H5NO/c4*1-2-3(4)5/h4*2H,1H2,(H2,4,5). The van der Waals surface area contributed by atoms with Crippen molar-refractivity contribution in [3.8, 4) is 0 Å². The topological polar surface area (TPSA) is 172 Å². The minimum atomic E-state index is -0.481. The molecule has 8 heteroatoms. The van der Waals surface area contributed by atoms with Crippen molar-refractivity contribution in [3.63, 3.8) is 0 Å². The van der Waals surface area contributed by atoms with Gasteiger partial charge in [0.1, 0.15) is 0 Å². The fourth-order valence-corrected chi connectivity index (χ4v) is 0. The molecule has 0 aromatic heterocycles. The quantitative estimate of drug-likeness (QED) is 0.466. The van der Waals surface area contributed by atoms with E-state index in [1.165, 1.54) is 0 Å². The van der Waals surface area contributed by atoms with E-state index in [0.29, 0.717) is 0 Å². The van der Waals surface area contributed by atoms with Gasteiger partial charge in [0, 0.05) is 0 Å². The maximum Gasteiger partial charge on any atom is 0.240 e. The summed E-state index contributed by atoms with van der Waals surface area (Å²) in [4.78, 5) is 37.9. The normalized spacial score (nSPS) is 6.40. The van der Waals surface area contributed by atoms with Gasteiger partial charge in [-0.15, -0.1) is 0 Å². The molecule has 0 fully saturated rings. The van der Waals surface area contributed by atoms with Crippen LogP contribution in [0.3, 0.4) is 0 Å². The molecule has 0 unspecified atom stereocenters. The Kier molecular flexibility index (Phi) is 27.1. The molecule has 20 heavy (non-hydrogen) atoms. The number of rotatable bonds is 4. The number of primary amides is 4. The lowest BCUT2D eigenvalue weighted by Crippen LogP contribution is -2.04. The third-order valence-corrected chi connectivity index (χ3v) is 0.805. The molecule has 0 aliphatic heterocycles. The van der Waals surface area contributed by atoms with Gasteiger partial charge in [-0.25, -0.2) is 0 Å². The molecule has 0 rings (SSSR count). The first-order valence-electron chi connectivity index (χ1n) is 4.76. The van der Waals surface area contributed by atoms with Gasteiger partial charge in [-0.2, -0.15) is 0 Å². The van der Waals surface area contributed by atoms with E-state index in [1.54, 1.807) is 0 Å². The van der Waals surface area contributed by atoms with Crippen molar-refractivity contribution in [1.82, 2.24) is 0 Å². The Bertz CT molecular complexity index is 304. The van der Waals surface area contributed by atoms with E-state index >= 15 is 0 Å². The van der Waals surface area contributed by atoms with Gasteiger partial charge in [0.15, 0.2) is 0 Å². The molecule has 112 valence electrons. The summed E-state index contributed by atoms with van der Waals surface area (Å²) in [7, 11) is 0. The highest BCUT2D eigenvalue weighted by Gasteiger charge is 1.70. The molecule has 0 atom stereocenters. The minimum Gasteiger partial charge on any atom is -0.366 e. The molecule has 8 N–H and O–H groups in total. The van der Waals surface area contributed by atoms with Crippen molar-refractivity contribution in [3.05, 3.63) is 50.6 Å². The largest absolute Gasteiger partial charge is 0.366 e. The fourth-order valence-electron chi connectivity index (χ4n) is 0. The lowest BCUT2D eigenvalue weighted by atomic mass is 10.6. The summed E-state index contributed by atoms with van der Waals surface area (Å²) in [5.74, 6) is -1.93. The van der Waals surface area contributed by atoms with Crippen molar-refractivity contribution in [2.24, 2.45) is 22.9 Å². The number of carbonyl (C=O) groups excluding carboxylic acids is 4. The molecule has 8 nitrogen and oxygen atoms in total. The van der Waals surface area contributed by atoms with Crippen LogP contribution in [0.2, 0.25) is 0 Å². The van der Waals surface area contributed by atoms with Gasteiger partial charge in [-0.05, 0) is 24.3 Å². The third kappa shape index (κ3) is 121. The van der Waals surface area contributed by atoms with Gasteiger partial charge in [-0.1, -0.05) is 26.3 Å². The van der Waals surface area contributed by atoms with Crippen LogP contribution in [0.25, 0.3) is 0 Å². The van der Waals surface area contributed by atoms with Crippen molar-refractivity contribution in [2.75, 3.05) is 0 Å². The first-order valence-corrected chi connectivity index (χ1v) is 4.76. The first kappa shape index (κ1) is 25.6. The summed E-state index contributed by atoms with van der Waals surface area (Å²) in [5.41, 5.74) is 18.1. The van der Waals surface area contributed by atoms with E-state index in [-0.39, 0.29) is 0 Å². The van der Waals surface area contributed by atoms with Gasteiger partial charge < -0.3 is 22.9 Å². The average Bonchev–Trinajstić information content (AvgIpc) is 2.40. The fraction of sp³-hybridized carbons (Fsp3) is 0. The zero-order chi connectivity index (χ0) is 17.1. The van der Waals surface area contributed by atoms with Crippen LogP contribution < -0.4 is 22.9 Å². The minimum absolute atomic E-state index is 0.481. The summed E-state index contributed by atoms with van der Waals surface area (Å²) in [5, 5.41) is 0. The Labute approximate surface area is 117 Å². The maximum atomic E-state index is 9.47. The molecule has 0 aliphatic carbocycles. The Morgan fingerprint density at radius 2 is 0.550 bits per heavy atom. The Morgan fingerprint density at radius 1 is 0.500 bits per heavy atom. The lowest BCUT2D eigenvalue weighted by molar-refractivity contribution is -0.114. The summed E-state index contributed by atoms with van der Waals surface area (Å²) in [6.45, 7) is 12.3. The maximum absolute atomic E-state index is 9.47. The first-order chi connectivity index (χ1) is 9.08. The predicted molar refractivity (Wildman–Crippen MR) is 77.6 cm³/mol. The second kappa shape index (κ2) is 21.2. The molecule has 4 amide bonds. The SMILES string of the molecule is C=CC(N)=O.C=CC(N)=O.C=CC(N)=O.C=CC(N)=O. The second-order valence-corrected chi connectivity index (χ2v) is 2.43. The van der Waals surface area contributed by atoms with Crippen molar-refractivity contribution in [1.29, 1.82) is 0 Å². The molecule has 0 radical (unpaired) electrons. The Balaban J connectivity index is -0.0000000853. The lowest BCUT2D eigenvalue weighted by Gasteiger charge is -1.65. The number of hydrogen-bond acceptors (Lipinski definition) is 4. The van der Waals surface area contributed by atoms with E-state index in [0.717, 1.165) is 24.3 Å². The molecule has 0 saturated carbocycles. The highest BCUT2D eigenvalue weighted by atomic mass is 16.2. The zero-order valence-electron chi connectivity index (χ0n) is 11.1. The molecular formula is C12H20N4O4. The Hall–Kier alpha value is -3.16. The Morgan fingerprint density at radius 3 is 0.550 bits per heavy atom. The summed E-state index contributed by atoms with van der Waals surface area (Å²) in [6.07, 6.45) is 4.22. The van der Waals surface area contributed by atoms with Crippen molar-refractivity contribution < 1.29 is 19.2 Å². The molecule has 0 bridgehead atoms. The van der Waals surface area contributed by atoms with Gasteiger partial charge in [-0.3, -0.25) is 19.2 Å². The van der Waals surface area contributed by atoms with E-state index in [2.05, 4.69) is 49.3 Å². The van der Waals surface area contributed by atoms with Crippen LogP contribution in [0.15, 0.2) is 50.6 Å². The van der Waals surface area contributed by atoms with Crippen LogP contribution in [-0.2, 0) is 19.2 Å². The number of amides is 4. The number of hydrogen-bond donors (Lipinski definition) is 4. The number of carbonyl (C=O) groups is 4. The highest BCUT2D eigenvalue weighted by molar-refractivity contribution is 5.85. The van der Waals surface area contributed by atoms with Gasteiger partial charge in [0.25, 0.3) is 0 Å². The predicted octanol–water partition coefficient (Wildman–Crippen LogP) is -1.37. The van der Waals surface area contributed by atoms with Crippen LogP contribution in [0, 0.1) is 0 Å². The molecular weight excluding hydrogens is 264 g/mol. The molecule has 0 aromatic carbocycles. The highest BCUT2D eigenvalue weighted by Crippen LogP contribution is 1.50. The van der Waals surface area contributed by atoms with E-state index in [9.17, 15) is 19.2 Å². The van der Waals surface area contributed by atoms with Crippen LogP contribution in [0.4, 0.5) is 0 Å². The van der Waals surface area contributed by atoms with Crippen LogP contribution in [-0.4, -0.2) is 23.6 Å². The monoisotopic (exact) mass is 284 g/mol. The molecule has 0 saturated heterocycles. The van der Waals surface area contributed by atoms with E-state index < -0.39 is 23.6 Å². The van der Waals surface area contributed by atoms with Crippen molar-refractivity contribution >= 4 is 23.6 Å². The second-order valence-electron chi connectivity index (χ2n) is 2.43. The van der Waals surface area contributed by atoms with E-state index in [4.69, 9.17) is 0 Å². The summed E-state index contributed by atoms with van der Waals surface area (Å²) in [6, 6.07) is 0. The average molecular weight is 284 g/mol. The molecule has 0 aromatic rings. The third-order valence-electron chi connectivity index (χ3n) is 0.805. The van der Waals surface area contributed by atoms with Crippen molar-refractivity contribution in [2.45, 2.75) is 0 Å². The van der Waals surface area contributed by atoms with E-state index in [1.807, 2.05) is 0 Å². The van der Waals surface area contributed by atoms with Crippen LogP contribution in [0.5, 0.6) is 0 Å². The summed E-state index contributed by atoms with van der Waals surface area (Å²) >= 11 is 0. The molecule has 0 spiro atoms. The summed E-state index contributed by atoms with van der Waals surface area (Å²) < 4.78 is 0. The molecule has 0 heterocycles. The smallest absolute Gasteiger partial charge is 0.240 e. The number of nitrogens with two attached hydrogens (primary N) is 4.